The summed E-state index contributed by atoms with van der Waals surface area (Å²) in [6, 6.07) is 14.2. The van der Waals surface area contributed by atoms with Crippen LogP contribution < -0.4 is 9.47 Å². The Hall–Kier alpha value is -2.49. The van der Waals surface area contributed by atoms with E-state index >= 15 is 0 Å². The Balaban J connectivity index is 1.73. The van der Waals surface area contributed by atoms with Crippen LogP contribution in [-0.2, 0) is 24.1 Å². The average Bonchev–Trinajstić information content (AvgIpc) is 2.77. The molecule has 1 aliphatic heterocycles. The standard InChI is InChI=1S/C20H23NO3/c1-23-18-12-16-9-11-21(10-8-15-6-4-3-5-7-15)20(22)14-17(16)13-19(18)24-2/h3-7,12-13H,8-11,14H2,1-2H3. The summed E-state index contributed by atoms with van der Waals surface area (Å²) in [6.07, 6.45) is 2.15. The average molecular weight is 325 g/mol. The van der Waals surface area contributed by atoms with Crippen molar-refractivity contribution in [1.82, 2.24) is 4.90 Å². The van der Waals surface area contributed by atoms with Gasteiger partial charge in [0.25, 0.3) is 0 Å². The molecule has 2 aromatic carbocycles. The Bertz CT molecular complexity index is 712. The summed E-state index contributed by atoms with van der Waals surface area (Å²) < 4.78 is 10.7. The molecule has 0 aromatic heterocycles. The van der Waals surface area contributed by atoms with Crippen LogP contribution in [0.4, 0.5) is 0 Å². The summed E-state index contributed by atoms with van der Waals surface area (Å²) >= 11 is 0. The molecule has 3 rings (SSSR count). The molecule has 4 heteroatoms. The lowest BCUT2D eigenvalue weighted by Gasteiger charge is -2.20. The van der Waals surface area contributed by atoms with Crippen LogP contribution in [0.25, 0.3) is 0 Å². The predicted octanol–water partition coefficient (Wildman–Crippen LogP) is 2.87. The number of rotatable bonds is 5. The molecule has 0 radical (unpaired) electrons. The molecule has 0 saturated carbocycles. The van der Waals surface area contributed by atoms with Crippen molar-refractivity contribution in [2.45, 2.75) is 19.3 Å². The summed E-state index contributed by atoms with van der Waals surface area (Å²) in [6.45, 7) is 1.50. The molecule has 0 unspecified atom stereocenters. The zero-order valence-corrected chi connectivity index (χ0v) is 14.2. The molecule has 2 aromatic rings. The van der Waals surface area contributed by atoms with Crippen LogP contribution in [0.15, 0.2) is 42.5 Å². The summed E-state index contributed by atoms with van der Waals surface area (Å²) in [5, 5.41) is 0. The van der Waals surface area contributed by atoms with E-state index in [1.54, 1.807) is 14.2 Å². The van der Waals surface area contributed by atoms with E-state index in [1.165, 1.54) is 11.1 Å². The molecule has 0 aliphatic carbocycles. The van der Waals surface area contributed by atoms with E-state index in [9.17, 15) is 4.79 Å². The number of benzene rings is 2. The van der Waals surface area contributed by atoms with E-state index in [1.807, 2.05) is 35.2 Å². The van der Waals surface area contributed by atoms with Gasteiger partial charge in [0.2, 0.25) is 5.91 Å². The first-order valence-electron chi connectivity index (χ1n) is 8.26. The highest BCUT2D eigenvalue weighted by Gasteiger charge is 2.22. The second-order valence-corrected chi connectivity index (χ2v) is 6.02. The number of amides is 1. The molecular formula is C20H23NO3. The van der Waals surface area contributed by atoms with Crippen molar-refractivity contribution in [3.8, 4) is 11.5 Å². The topological polar surface area (TPSA) is 38.8 Å². The molecule has 0 atom stereocenters. The van der Waals surface area contributed by atoms with Crippen molar-refractivity contribution in [3.63, 3.8) is 0 Å². The monoisotopic (exact) mass is 325 g/mol. The minimum atomic E-state index is 0.178. The van der Waals surface area contributed by atoms with Crippen LogP contribution in [0.5, 0.6) is 11.5 Å². The second-order valence-electron chi connectivity index (χ2n) is 6.02. The maximum absolute atomic E-state index is 12.6. The zero-order valence-electron chi connectivity index (χ0n) is 14.2. The summed E-state index contributed by atoms with van der Waals surface area (Å²) in [7, 11) is 3.26. The lowest BCUT2D eigenvalue weighted by Crippen LogP contribution is -2.34. The number of ether oxygens (including phenoxy) is 2. The molecule has 126 valence electrons. The highest BCUT2D eigenvalue weighted by Crippen LogP contribution is 2.32. The number of hydrogen-bond donors (Lipinski definition) is 0. The number of methoxy groups -OCH3 is 2. The van der Waals surface area contributed by atoms with Gasteiger partial charge in [0, 0.05) is 13.1 Å². The van der Waals surface area contributed by atoms with Crippen molar-refractivity contribution in [1.29, 1.82) is 0 Å². The maximum Gasteiger partial charge on any atom is 0.227 e. The quantitative estimate of drug-likeness (QED) is 0.848. The van der Waals surface area contributed by atoms with Crippen molar-refractivity contribution in [3.05, 3.63) is 59.2 Å². The van der Waals surface area contributed by atoms with E-state index in [-0.39, 0.29) is 5.91 Å². The second kappa shape index (κ2) is 7.39. The first-order valence-corrected chi connectivity index (χ1v) is 8.26. The van der Waals surface area contributed by atoms with Crippen LogP contribution in [0.1, 0.15) is 16.7 Å². The molecule has 1 amide bonds. The van der Waals surface area contributed by atoms with Crippen molar-refractivity contribution >= 4 is 5.91 Å². The Morgan fingerprint density at radius 2 is 1.67 bits per heavy atom. The number of hydrogen-bond acceptors (Lipinski definition) is 3. The van der Waals surface area contributed by atoms with Crippen LogP contribution >= 0.6 is 0 Å². The Morgan fingerprint density at radius 3 is 2.33 bits per heavy atom. The van der Waals surface area contributed by atoms with Gasteiger partial charge in [-0.05, 0) is 41.7 Å². The molecule has 0 saturated heterocycles. The van der Waals surface area contributed by atoms with Crippen molar-refractivity contribution < 1.29 is 14.3 Å². The lowest BCUT2D eigenvalue weighted by molar-refractivity contribution is -0.130. The zero-order chi connectivity index (χ0) is 16.9. The van der Waals surface area contributed by atoms with E-state index in [2.05, 4.69) is 12.1 Å². The summed E-state index contributed by atoms with van der Waals surface area (Å²) in [4.78, 5) is 14.6. The molecule has 4 nitrogen and oxygen atoms in total. The van der Waals surface area contributed by atoms with Gasteiger partial charge in [-0.1, -0.05) is 30.3 Å². The minimum Gasteiger partial charge on any atom is -0.493 e. The summed E-state index contributed by atoms with van der Waals surface area (Å²) in [5.74, 6) is 1.58. The summed E-state index contributed by atoms with van der Waals surface area (Å²) in [5.41, 5.74) is 3.47. The fourth-order valence-corrected chi connectivity index (χ4v) is 3.16. The highest BCUT2D eigenvalue weighted by atomic mass is 16.5. The molecular weight excluding hydrogens is 302 g/mol. The van der Waals surface area contributed by atoms with Crippen molar-refractivity contribution in [2.75, 3.05) is 27.3 Å². The normalized spacial score (nSPS) is 14.1. The predicted molar refractivity (Wildman–Crippen MR) is 93.7 cm³/mol. The van der Waals surface area contributed by atoms with Gasteiger partial charge in [0.1, 0.15) is 0 Å². The van der Waals surface area contributed by atoms with Gasteiger partial charge in [-0.2, -0.15) is 0 Å². The van der Waals surface area contributed by atoms with Crippen molar-refractivity contribution in [2.24, 2.45) is 0 Å². The smallest absolute Gasteiger partial charge is 0.227 e. The molecule has 1 aliphatic rings. The first-order chi connectivity index (χ1) is 11.7. The molecule has 0 spiro atoms. The maximum atomic E-state index is 12.6. The van der Waals surface area contributed by atoms with Crippen LogP contribution in [0.3, 0.4) is 0 Å². The Labute approximate surface area is 143 Å². The largest absolute Gasteiger partial charge is 0.493 e. The SMILES string of the molecule is COc1cc2c(cc1OC)CC(=O)N(CCc1ccccc1)CC2. The Morgan fingerprint density at radius 1 is 1.00 bits per heavy atom. The molecule has 0 N–H and O–H groups in total. The fraction of sp³-hybridized carbons (Fsp3) is 0.350. The van der Waals surface area contributed by atoms with Crippen LogP contribution in [0.2, 0.25) is 0 Å². The molecule has 1 heterocycles. The number of carbonyl (C=O) groups is 1. The van der Waals surface area contributed by atoms with Gasteiger partial charge < -0.3 is 14.4 Å². The number of fused-ring (bicyclic) bond motifs is 1. The number of carbonyl (C=O) groups excluding carboxylic acids is 1. The molecule has 0 fully saturated rings. The van der Waals surface area contributed by atoms with Crippen LogP contribution in [-0.4, -0.2) is 38.1 Å². The first kappa shape index (κ1) is 16.4. The number of nitrogens with zero attached hydrogens (tertiary/aromatic N) is 1. The van der Waals surface area contributed by atoms with E-state index in [4.69, 9.17) is 9.47 Å². The third-order valence-corrected chi connectivity index (χ3v) is 4.56. The van der Waals surface area contributed by atoms with E-state index in [0.29, 0.717) is 12.2 Å². The van der Waals surface area contributed by atoms with Crippen LogP contribution in [0, 0.1) is 0 Å². The van der Waals surface area contributed by atoms with Gasteiger partial charge in [-0.25, -0.2) is 0 Å². The van der Waals surface area contributed by atoms with Gasteiger partial charge in [-0.15, -0.1) is 0 Å². The van der Waals surface area contributed by atoms with Gasteiger partial charge >= 0.3 is 0 Å². The van der Waals surface area contributed by atoms with Gasteiger partial charge in [-0.3, -0.25) is 4.79 Å². The molecule has 24 heavy (non-hydrogen) atoms. The fourth-order valence-electron chi connectivity index (χ4n) is 3.16. The van der Waals surface area contributed by atoms with E-state index in [0.717, 1.165) is 37.2 Å². The third kappa shape index (κ3) is 3.53. The van der Waals surface area contributed by atoms with Gasteiger partial charge in [0.15, 0.2) is 11.5 Å². The van der Waals surface area contributed by atoms with E-state index < -0.39 is 0 Å². The highest BCUT2D eigenvalue weighted by molar-refractivity contribution is 5.80. The Kier molecular flexibility index (Phi) is 5.04. The third-order valence-electron chi connectivity index (χ3n) is 4.56. The molecule has 0 bridgehead atoms. The minimum absolute atomic E-state index is 0.178. The lowest BCUT2D eigenvalue weighted by atomic mass is 10.0. The van der Waals surface area contributed by atoms with Gasteiger partial charge in [0.05, 0.1) is 20.6 Å².